The summed E-state index contributed by atoms with van der Waals surface area (Å²) in [7, 11) is 3.69. The summed E-state index contributed by atoms with van der Waals surface area (Å²) in [6.07, 6.45) is 3.13. The number of hydrogen-bond acceptors (Lipinski definition) is 4. The van der Waals surface area contributed by atoms with Gasteiger partial charge >= 0.3 is 0 Å². The standard InChI is InChI=1S/C14H14N2O2/c1-16(2)9-8-13(17)14-10-12(15-18-14)11-6-4-3-5-7-11/h3-10H,1-2H3. The number of carbonyl (C=O) groups excluding carboxylic acids is 1. The number of benzene rings is 1. The van der Waals surface area contributed by atoms with Crippen LogP contribution in [-0.4, -0.2) is 29.9 Å². The van der Waals surface area contributed by atoms with Crippen molar-refractivity contribution >= 4 is 5.78 Å². The maximum Gasteiger partial charge on any atom is 0.225 e. The first-order valence-electron chi connectivity index (χ1n) is 5.58. The zero-order valence-electron chi connectivity index (χ0n) is 10.3. The Hall–Kier alpha value is -2.36. The van der Waals surface area contributed by atoms with Crippen molar-refractivity contribution < 1.29 is 9.32 Å². The van der Waals surface area contributed by atoms with Crippen LogP contribution in [0.3, 0.4) is 0 Å². The molecule has 4 heteroatoms. The Bertz CT molecular complexity index is 556. The zero-order valence-corrected chi connectivity index (χ0v) is 10.3. The van der Waals surface area contributed by atoms with Gasteiger partial charge in [0.15, 0.2) is 0 Å². The van der Waals surface area contributed by atoms with Crippen LogP contribution in [0.15, 0.2) is 53.2 Å². The van der Waals surface area contributed by atoms with Gasteiger partial charge in [0, 0.05) is 38.0 Å². The van der Waals surface area contributed by atoms with Crippen molar-refractivity contribution in [1.29, 1.82) is 0 Å². The lowest BCUT2D eigenvalue weighted by molar-refractivity contribution is 0.101. The summed E-state index contributed by atoms with van der Waals surface area (Å²) in [4.78, 5) is 13.5. The largest absolute Gasteiger partial charge is 0.383 e. The quantitative estimate of drug-likeness (QED) is 0.610. The Labute approximate surface area is 106 Å². The Morgan fingerprint density at radius 1 is 1.28 bits per heavy atom. The van der Waals surface area contributed by atoms with E-state index in [0.29, 0.717) is 5.69 Å². The molecule has 0 aliphatic heterocycles. The minimum Gasteiger partial charge on any atom is -0.383 e. The molecule has 0 N–H and O–H groups in total. The summed E-state index contributed by atoms with van der Waals surface area (Å²) in [5.41, 5.74) is 1.59. The number of carbonyl (C=O) groups is 1. The van der Waals surface area contributed by atoms with Gasteiger partial charge in [-0.2, -0.15) is 0 Å². The maximum absolute atomic E-state index is 11.7. The van der Waals surface area contributed by atoms with Gasteiger partial charge in [-0.15, -0.1) is 0 Å². The van der Waals surface area contributed by atoms with Crippen LogP contribution in [-0.2, 0) is 0 Å². The molecule has 18 heavy (non-hydrogen) atoms. The van der Waals surface area contributed by atoms with E-state index in [1.165, 1.54) is 6.08 Å². The lowest BCUT2D eigenvalue weighted by Crippen LogP contribution is -2.02. The van der Waals surface area contributed by atoms with Gasteiger partial charge in [-0.3, -0.25) is 4.79 Å². The topological polar surface area (TPSA) is 46.3 Å². The highest BCUT2D eigenvalue weighted by Gasteiger charge is 2.11. The fourth-order valence-corrected chi connectivity index (χ4v) is 1.44. The Kier molecular flexibility index (Phi) is 3.57. The van der Waals surface area contributed by atoms with E-state index >= 15 is 0 Å². The normalized spacial score (nSPS) is 10.8. The van der Waals surface area contributed by atoms with Crippen LogP contribution in [0.1, 0.15) is 10.6 Å². The molecular weight excluding hydrogens is 228 g/mol. The van der Waals surface area contributed by atoms with Gasteiger partial charge in [-0.1, -0.05) is 35.5 Å². The van der Waals surface area contributed by atoms with E-state index in [-0.39, 0.29) is 11.5 Å². The minimum absolute atomic E-state index is 0.196. The second-order valence-corrected chi connectivity index (χ2v) is 4.09. The smallest absolute Gasteiger partial charge is 0.225 e. The second-order valence-electron chi connectivity index (χ2n) is 4.09. The van der Waals surface area contributed by atoms with Gasteiger partial charge in [-0.25, -0.2) is 0 Å². The highest BCUT2D eigenvalue weighted by Crippen LogP contribution is 2.18. The lowest BCUT2D eigenvalue weighted by Gasteiger charge is -2.01. The molecule has 0 aliphatic carbocycles. The first-order valence-corrected chi connectivity index (χ1v) is 5.58. The van der Waals surface area contributed by atoms with Crippen molar-refractivity contribution in [3.63, 3.8) is 0 Å². The molecule has 0 fully saturated rings. The molecule has 0 saturated heterocycles. The van der Waals surface area contributed by atoms with Gasteiger partial charge in [-0.05, 0) is 0 Å². The molecule has 0 radical (unpaired) electrons. The Morgan fingerprint density at radius 2 is 2.00 bits per heavy atom. The highest BCUT2D eigenvalue weighted by atomic mass is 16.5. The summed E-state index contributed by atoms with van der Waals surface area (Å²) in [5, 5.41) is 3.89. The molecule has 0 spiro atoms. The van der Waals surface area contributed by atoms with Crippen LogP contribution in [0.5, 0.6) is 0 Å². The van der Waals surface area contributed by atoms with Crippen LogP contribution >= 0.6 is 0 Å². The number of rotatable bonds is 4. The lowest BCUT2D eigenvalue weighted by atomic mass is 10.1. The number of hydrogen-bond donors (Lipinski definition) is 0. The van der Waals surface area contributed by atoms with Gasteiger partial charge in [0.1, 0.15) is 5.69 Å². The number of allylic oxidation sites excluding steroid dienone is 1. The minimum atomic E-state index is -0.196. The van der Waals surface area contributed by atoms with Crippen molar-refractivity contribution in [2.75, 3.05) is 14.1 Å². The van der Waals surface area contributed by atoms with E-state index < -0.39 is 0 Å². The van der Waals surface area contributed by atoms with Gasteiger partial charge in [0.2, 0.25) is 11.5 Å². The molecule has 1 aromatic carbocycles. The monoisotopic (exact) mass is 242 g/mol. The summed E-state index contributed by atoms with van der Waals surface area (Å²) >= 11 is 0. The fourth-order valence-electron chi connectivity index (χ4n) is 1.44. The van der Waals surface area contributed by atoms with E-state index in [1.807, 2.05) is 44.4 Å². The molecule has 92 valence electrons. The molecule has 1 heterocycles. The number of ketones is 1. The van der Waals surface area contributed by atoms with E-state index in [0.717, 1.165) is 5.56 Å². The molecule has 0 saturated carbocycles. The first kappa shape index (κ1) is 12.1. The number of aromatic nitrogens is 1. The predicted molar refractivity (Wildman–Crippen MR) is 69.1 cm³/mol. The maximum atomic E-state index is 11.7. The molecule has 2 aromatic rings. The SMILES string of the molecule is CN(C)C=CC(=O)c1cc(-c2ccccc2)no1. The van der Waals surface area contributed by atoms with Crippen LogP contribution in [0.25, 0.3) is 11.3 Å². The fraction of sp³-hybridized carbons (Fsp3) is 0.143. The highest BCUT2D eigenvalue weighted by molar-refractivity contribution is 6.02. The van der Waals surface area contributed by atoms with E-state index in [9.17, 15) is 4.79 Å². The number of nitrogens with zero attached hydrogens (tertiary/aromatic N) is 2. The molecule has 1 aromatic heterocycles. The van der Waals surface area contributed by atoms with E-state index in [1.54, 1.807) is 17.2 Å². The average Bonchev–Trinajstić information content (AvgIpc) is 2.86. The Balaban J connectivity index is 2.19. The molecule has 0 unspecified atom stereocenters. The molecule has 0 atom stereocenters. The van der Waals surface area contributed by atoms with Gasteiger partial charge < -0.3 is 9.42 Å². The van der Waals surface area contributed by atoms with Crippen LogP contribution in [0.4, 0.5) is 0 Å². The van der Waals surface area contributed by atoms with Crippen molar-refractivity contribution in [2.24, 2.45) is 0 Å². The summed E-state index contributed by atoms with van der Waals surface area (Å²) < 4.78 is 5.04. The molecule has 2 rings (SSSR count). The third-order valence-electron chi connectivity index (χ3n) is 2.35. The summed E-state index contributed by atoms with van der Waals surface area (Å²) in [6, 6.07) is 11.2. The Morgan fingerprint density at radius 3 is 2.67 bits per heavy atom. The van der Waals surface area contributed by atoms with Crippen molar-refractivity contribution in [1.82, 2.24) is 10.1 Å². The van der Waals surface area contributed by atoms with Crippen molar-refractivity contribution in [3.8, 4) is 11.3 Å². The van der Waals surface area contributed by atoms with Crippen LogP contribution in [0, 0.1) is 0 Å². The molecule has 0 bridgehead atoms. The van der Waals surface area contributed by atoms with Crippen molar-refractivity contribution in [2.45, 2.75) is 0 Å². The molecule has 0 aliphatic rings. The second kappa shape index (κ2) is 5.31. The van der Waals surface area contributed by atoms with Gasteiger partial charge in [0.05, 0.1) is 0 Å². The van der Waals surface area contributed by atoms with Crippen LogP contribution in [0.2, 0.25) is 0 Å². The van der Waals surface area contributed by atoms with E-state index in [4.69, 9.17) is 4.52 Å². The molecule has 0 amide bonds. The predicted octanol–water partition coefficient (Wildman–Crippen LogP) is 2.60. The third-order valence-corrected chi connectivity index (χ3v) is 2.35. The van der Waals surface area contributed by atoms with E-state index in [2.05, 4.69) is 5.16 Å². The van der Waals surface area contributed by atoms with Crippen LogP contribution < -0.4 is 0 Å². The average molecular weight is 242 g/mol. The molecular formula is C14H14N2O2. The summed E-state index contributed by atoms with van der Waals surface area (Å²) in [6.45, 7) is 0. The summed E-state index contributed by atoms with van der Waals surface area (Å²) in [5.74, 6) is 0.0466. The molecule has 4 nitrogen and oxygen atoms in total. The third kappa shape index (κ3) is 2.85. The zero-order chi connectivity index (χ0) is 13.0. The van der Waals surface area contributed by atoms with Crippen molar-refractivity contribution in [3.05, 3.63) is 54.4 Å². The first-order chi connectivity index (χ1) is 8.66. The van der Waals surface area contributed by atoms with Gasteiger partial charge in [0.25, 0.3) is 0 Å².